The van der Waals surface area contributed by atoms with Crippen LogP contribution in [0.3, 0.4) is 0 Å². The van der Waals surface area contributed by atoms with Crippen molar-refractivity contribution in [3.05, 3.63) is 59.8 Å². The molecule has 4 rings (SSSR count). The molecule has 0 fully saturated rings. The molecule has 1 N–H and O–H groups in total. The van der Waals surface area contributed by atoms with Gasteiger partial charge in [-0.15, -0.1) is 0 Å². The minimum absolute atomic E-state index is 0.0642. The van der Waals surface area contributed by atoms with Gasteiger partial charge in [0, 0.05) is 30.1 Å². The highest BCUT2D eigenvalue weighted by Gasteiger charge is 2.23. The van der Waals surface area contributed by atoms with Crippen LogP contribution in [0.25, 0.3) is 10.9 Å². The standard InChI is InChI=1S/C19H18N2O4S/c1-2-21-12-16(15-5-3-4-6-17(15)21)19(22)20-26(23,24)14-7-8-18-13(11-14)9-10-25-18/h3-8,11-12H,2,9-10H2,1H3,(H,20,22). The number of hydrogen-bond donors (Lipinski definition) is 1. The van der Waals surface area contributed by atoms with Gasteiger partial charge >= 0.3 is 0 Å². The Hall–Kier alpha value is -2.80. The molecule has 2 heterocycles. The van der Waals surface area contributed by atoms with Crippen LogP contribution in [-0.2, 0) is 23.0 Å². The minimum atomic E-state index is -3.96. The highest BCUT2D eigenvalue weighted by molar-refractivity contribution is 7.90. The lowest BCUT2D eigenvalue weighted by molar-refractivity contribution is 0.0983. The Bertz CT molecular complexity index is 1120. The van der Waals surface area contributed by atoms with Crippen molar-refractivity contribution < 1.29 is 17.9 Å². The molecule has 7 heteroatoms. The van der Waals surface area contributed by atoms with Gasteiger partial charge in [0.05, 0.1) is 17.1 Å². The SMILES string of the molecule is CCn1cc(C(=O)NS(=O)(=O)c2ccc3c(c2)CCO3)c2ccccc21. The quantitative estimate of drug-likeness (QED) is 0.766. The van der Waals surface area contributed by atoms with E-state index in [0.717, 1.165) is 16.5 Å². The second kappa shape index (κ2) is 6.17. The van der Waals surface area contributed by atoms with E-state index in [1.54, 1.807) is 18.3 Å². The van der Waals surface area contributed by atoms with Gasteiger partial charge in [0.15, 0.2) is 0 Å². The van der Waals surface area contributed by atoms with Gasteiger partial charge < -0.3 is 9.30 Å². The average Bonchev–Trinajstić information content (AvgIpc) is 3.25. The van der Waals surface area contributed by atoms with Crippen molar-refractivity contribution in [3.63, 3.8) is 0 Å². The Morgan fingerprint density at radius 3 is 2.85 bits per heavy atom. The van der Waals surface area contributed by atoms with E-state index in [2.05, 4.69) is 4.72 Å². The smallest absolute Gasteiger partial charge is 0.267 e. The lowest BCUT2D eigenvalue weighted by Gasteiger charge is -2.08. The fourth-order valence-corrected chi connectivity index (χ4v) is 4.27. The van der Waals surface area contributed by atoms with Crippen LogP contribution in [0.5, 0.6) is 5.75 Å². The summed E-state index contributed by atoms with van der Waals surface area (Å²) in [5.74, 6) is 0.0615. The summed E-state index contributed by atoms with van der Waals surface area (Å²) in [6.45, 7) is 3.20. The highest BCUT2D eigenvalue weighted by atomic mass is 32.2. The number of ether oxygens (including phenoxy) is 1. The number of rotatable bonds is 4. The molecule has 1 aromatic heterocycles. The summed E-state index contributed by atoms with van der Waals surface area (Å²) in [7, 11) is -3.96. The van der Waals surface area contributed by atoms with Gasteiger partial charge in [0.1, 0.15) is 5.75 Å². The number of hydrogen-bond acceptors (Lipinski definition) is 4. The lowest BCUT2D eigenvalue weighted by atomic mass is 10.2. The Morgan fingerprint density at radius 1 is 1.23 bits per heavy atom. The van der Waals surface area contributed by atoms with Crippen molar-refractivity contribution in [2.24, 2.45) is 0 Å². The summed E-state index contributed by atoms with van der Waals surface area (Å²) < 4.78 is 34.8. The van der Waals surface area contributed by atoms with Crippen molar-refractivity contribution >= 4 is 26.8 Å². The normalized spacial score (nSPS) is 13.4. The van der Waals surface area contributed by atoms with Crippen LogP contribution >= 0.6 is 0 Å². The molecule has 1 aliphatic heterocycles. The first-order valence-corrected chi connectivity index (χ1v) is 9.88. The predicted octanol–water partition coefficient (Wildman–Crippen LogP) is 2.71. The summed E-state index contributed by atoms with van der Waals surface area (Å²) >= 11 is 0. The van der Waals surface area contributed by atoms with E-state index in [1.165, 1.54) is 6.07 Å². The fraction of sp³-hybridized carbons (Fsp3) is 0.211. The van der Waals surface area contributed by atoms with E-state index in [1.807, 2.05) is 35.8 Å². The average molecular weight is 370 g/mol. The first-order chi connectivity index (χ1) is 12.5. The number of carbonyl (C=O) groups excluding carboxylic acids is 1. The molecule has 0 saturated heterocycles. The molecule has 0 bridgehead atoms. The van der Waals surface area contributed by atoms with Crippen LogP contribution in [0.4, 0.5) is 0 Å². The first-order valence-electron chi connectivity index (χ1n) is 8.40. The topological polar surface area (TPSA) is 77.4 Å². The summed E-state index contributed by atoms with van der Waals surface area (Å²) in [6.07, 6.45) is 2.35. The number of nitrogens with one attached hydrogen (secondary N) is 1. The molecule has 0 unspecified atom stereocenters. The van der Waals surface area contributed by atoms with Crippen molar-refractivity contribution in [3.8, 4) is 5.75 Å². The summed E-state index contributed by atoms with van der Waals surface area (Å²) in [5, 5.41) is 0.726. The Kier molecular flexibility index (Phi) is 3.96. The first kappa shape index (κ1) is 16.7. The second-order valence-corrected chi connectivity index (χ2v) is 7.83. The molecular formula is C19H18N2O4S. The summed E-state index contributed by atoms with van der Waals surface area (Å²) in [5.41, 5.74) is 2.07. The molecule has 1 aliphatic rings. The van der Waals surface area contributed by atoms with Gasteiger partial charge in [-0.3, -0.25) is 4.79 Å². The number of nitrogens with zero attached hydrogens (tertiary/aromatic N) is 1. The zero-order valence-corrected chi connectivity index (χ0v) is 15.0. The number of fused-ring (bicyclic) bond motifs is 2. The van der Waals surface area contributed by atoms with E-state index in [0.29, 0.717) is 30.9 Å². The van der Waals surface area contributed by atoms with E-state index in [9.17, 15) is 13.2 Å². The molecule has 0 atom stereocenters. The highest BCUT2D eigenvalue weighted by Crippen LogP contribution is 2.28. The Labute approximate surface area is 151 Å². The molecule has 0 radical (unpaired) electrons. The number of carbonyl (C=O) groups is 1. The van der Waals surface area contributed by atoms with Crippen LogP contribution in [0.1, 0.15) is 22.8 Å². The van der Waals surface area contributed by atoms with E-state index < -0.39 is 15.9 Å². The van der Waals surface area contributed by atoms with Crippen molar-refractivity contribution in [2.45, 2.75) is 24.8 Å². The largest absolute Gasteiger partial charge is 0.493 e. The van der Waals surface area contributed by atoms with E-state index in [-0.39, 0.29) is 4.90 Å². The van der Waals surface area contributed by atoms with Gasteiger partial charge in [-0.25, -0.2) is 13.1 Å². The third kappa shape index (κ3) is 2.74. The van der Waals surface area contributed by atoms with Gasteiger partial charge in [-0.1, -0.05) is 18.2 Å². The zero-order valence-electron chi connectivity index (χ0n) is 14.2. The molecule has 26 heavy (non-hydrogen) atoms. The van der Waals surface area contributed by atoms with Crippen molar-refractivity contribution in [2.75, 3.05) is 6.61 Å². The second-order valence-electron chi connectivity index (χ2n) is 6.15. The van der Waals surface area contributed by atoms with Gasteiger partial charge in [0.2, 0.25) is 0 Å². The third-order valence-electron chi connectivity index (χ3n) is 4.57. The van der Waals surface area contributed by atoms with Crippen LogP contribution in [0, 0.1) is 0 Å². The molecule has 134 valence electrons. The minimum Gasteiger partial charge on any atom is -0.493 e. The monoisotopic (exact) mass is 370 g/mol. The van der Waals surface area contributed by atoms with E-state index in [4.69, 9.17) is 4.74 Å². The molecule has 2 aromatic carbocycles. The van der Waals surface area contributed by atoms with Crippen LogP contribution in [0.15, 0.2) is 53.6 Å². The van der Waals surface area contributed by atoms with Crippen LogP contribution in [0.2, 0.25) is 0 Å². The zero-order chi connectivity index (χ0) is 18.3. The number of aryl methyl sites for hydroxylation is 1. The maximum Gasteiger partial charge on any atom is 0.267 e. The van der Waals surface area contributed by atoms with Gasteiger partial charge in [-0.05, 0) is 36.8 Å². The molecule has 0 saturated carbocycles. The molecular weight excluding hydrogens is 352 g/mol. The number of benzene rings is 2. The Morgan fingerprint density at radius 2 is 2.04 bits per heavy atom. The Balaban J connectivity index is 1.68. The maximum absolute atomic E-state index is 12.7. The molecule has 6 nitrogen and oxygen atoms in total. The van der Waals surface area contributed by atoms with Gasteiger partial charge in [-0.2, -0.15) is 0 Å². The third-order valence-corrected chi connectivity index (χ3v) is 5.90. The van der Waals surface area contributed by atoms with Crippen LogP contribution < -0.4 is 9.46 Å². The number of amides is 1. The molecule has 0 aliphatic carbocycles. The van der Waals surface area contributed by atoms with Crippen molar-refractivity contribution in [1.82, 2.24) is 9.29 Å². The van der Waals surface area contributed by atoms with Crippen molar-refractivity contribution in [1.29, 1.82) is 0 Å². The number of para-hydroxylation sites is 1. The van der Waals surface area contributed by atoms with Crippen LogP contribution in [-0.4, -0.2) is 25.5 Å². The number of sulfonamides is 1. The van der Waals surface area contributed by atoms with Gasteiger partial charge in [0.25, 0.3) is 15.9 Å². The summed E-state index contributed by atoms with van der Waals surface area (Å²) in [4.78, 5) is 12.7. The molecule has 0 spiro atoms. The van der Waals surface area contributed by atoms with E-state index >= 15 is 0 Å². The summed E-state index contributed by atoms with van der Waals surface area (Å²) in [6, 6.07) is 12.1. The maximum atomic E-state index is 12.7. The lowest BCUT2D eigenvalue weighted by Crippen LogP contribution is -2.30. The fourth-order valence-electron chi connectivity index (χ4n) is 3.26. The molecule has 3 aromatic rings. The predicted molar refractivity (Wildman–Crippen MR) is 97.9 cm³/mol. The molecule has 1 amide bonds. The number of aromatic nitrogens is 1.